The molecule has 270 valence electrons. The largest absolute Gasteiger partial charge is 0.455 e. The van der Waals surface area contributed by atoms with Crippen LogP contribution in [-0.2, 0) is 5.41 Å². The molecule has 2 heteroatoms. The quantitative estimate of drug-likeness (QED) is 0.169. The SMILES string of the molecule is [2H]c1c([2H])c([2H])c(-c2c([2H])c([2H])c(N(c3ccc(-c4cccc5c4C(C)(C)c4ccccc4-5)cc3)c3ccccc3-c3cccc4oc5c6ccccc6ccc5c34)c([2H])c2[2H])c([2H])c1[2H]. The molecule has 0 saturated heterocycles. The molecule has 1 aliphatic carbocycles. The fourth-order valence-electron chi connectivity index (χ4n) is 8.86. The van der Waals surface area contributed by atoms with Crippen molar-refractivity contribution in [1.82, 2.24) is 0 Å². The van der Waals surface area contributed by atoms with Gasteiger partial charge in [0, 0.05) is 38.5 Å². The molecular weight excluding hydrogens is 691 g/mol. The fourth-order valence-corrected chi connectivity index (χ4v) is 8.86. The van der Waals surface area contributed by atoms with Crippen LogP contribution in [-0.4, -0.2) is 0 Å². The number of hydrogen-bond donors (Lipinski definition) is 0. The van der Waals surface area contributed by atoms with Gasteiger partial charge in [-0.1, -0.05) is 171 Å². The minimum atomic E-state index is -0.632. The van der Waals surface area contributed by atoms with Gasteiger partial charge in [-0.05, 0) is 97.9 Å². The molecule has 0 amide bonds. The van der Waals surface area contributed by atoms with Crippen LogP contribution in [0.1, 0.15) is 37.3 Å². The fraction of sp³-hybridized carbons (Fsp3) is 0.0545. The van der Waals surface area contributed by atoms with Crippen molar-refractivity contribution in [3.05, 3.63) is 211 Å². The van der Waals surface area contributed by atoms with Crippen molar-refractivity contribution in [2.75, 3.05) is 4.90 Å². The van der Waals surface area contributed by atoms with Gasteiger partial charge in [-0.15, -0.1) is 0 Å². The van der Waals surface area contributed by atoms with E-state index in [4.69, 9.17) is 11.3 Å². The topological polar surface area (TPSA) is 16.4 Å². The maximum absolute atomic E-state index is 9.68. The van der Waals surface area contributed by atoms with Gasteiger partial charge in [0.05, 0.1) is 18.0 Å². The lowest BCUT2D eigenvalue weighted by Gasteiger charge is -2.29. The first-order valence-corrected chi connectivity index (χ1v) is 19.0. The van der Waals surface area contributed by atoms with Crippen LogP contribution >= 0.6 is 0 Å². The molecule has 0 fully saturated rings. The van der Waals surface area contributed by atoms with Crippen molar-refractivity contribution < 1.29 is 16.8 Å². The Hall–Kier alpha value is -7.16. The minimum absolute atomic E-state index is 0.0753. The van der Waals surface area contributed by atoms with Gasteiger partial charge in [0.25, 0.3) is 0 Å². The van der Waals surface area contributed by atoms with E-state index in [-0.39, 0.29) is 16.7 Å². The molecule has 11 rings (SSSR count). The van der Waals surface area contributed by atoms with Crippen LogP contribution < -0.4 is 4.90 Å². The summed E-state index contributed by atoms with van der Waals surface area (Å²) in [6.07, 6.45) is 0. The Morgan fingerprint density at radius 3 is 1.98 bits per heavy atom. The second kappa shape index (κ2) is 13.0. The van der Waals surface area contributed by atoms with E-state index in [9.17, 15) is 5.48 Å². The number of nitrogens with zero attached hydrogens (tertiary/aromatic N) is 1. The van der Waals surface area contributed by atoms with Crippen LogP contribution in [0.15, 0.2) is 204 Å². The van der Waals surface area contributed by atoms with Crippen LogP contribution in [0.4, 0.5) is 17.1 Å². The predicted octanol–water partition coefficient (Wildman–Crippen LogP) is 15.5. The van der Waals surface area contributed by atoms with E-state index in [2.05, 4.69) is 68.4 Å². The molecule has 0 N–H and O–H groups in total. The molecule has 0 aliphatic heterocycles. The molecule has 0 unspecified atom stereocenters. The van der Waals surface area contributed by atoms with Gasteiger partial charge in [0.2, 0.25) is 0 Å². The van der Waals surface area contributed by atoms with Crippen LogP contribution in [0.2, 0.25) is 0 Å². The van der Waals surface area contributed by atoms with Gasteiger partial charge in [-0.3, -0.25) is 0 Å². The zero-order valence-corrected chi connectivity index (χ0v) is 31.2. The highest BCUT2D eigenvalue weighted by Crippen LogP contribution is 2.52. The lowest BCUT2D eigenvalue weighted by Crippen LogP contribution is -2.16. The van der Waals surface area contributed by atoms with Crippen molar-refractivity contribution >= 4 is 49.8 Å². The lowest BCUT2D eigenvalue weighted by atomic mass is 9.79. The third-order valence-electron chi connectivity index (χ3n) is 11.4. The van der Waals surface area contributed by atoms with E-state index >= 15 is 0 Å². The molecule has 0 bridgehead atoms. The van der Waals surface area contributed by atoms with Gasteiger partial charge in [0.15, 0.2) is 0 Å². The Bertz CT molecular complexity index is 3630. The van der Waals surface area contributed by atoms with Crippen LogP contribution in [0.25, 0.3) is 77.2 Å². The lowest BCUT2D eigenvalue weighted by molar-refractivity contribution is 0.662. The molecule has 0 radical (unpaired) electrons. The number of para-hydroxylation sites is 1. The Labute approximate surface area is 345 Å². The summed E-state index contributed by atoms with van der Waals surface area (Å²) in [7, 11) is 0. The minimum Gasteiger partial charge on any atom is -0.455 e. The number of benzene rings is 9. The standard InChI is InChI=1S/C55H39NO/c1-55(2)49-23-10-8-18-44(49)47-22-12-20-42(53(47)55)39-28-33-41(34-29-39)56(40-31-26-37(27-32-40)36-14-4-3-5-15-36)50-24-11-9-19-45(50)46-21-13-25-51-52(46)48-35-30-38-16-6-7-17-43(38)54(48)57-51/h3-35H,1-2H3/i3D,4D,5D,14D,15D,26D,27D,31D,32D. The molecule has 0 atom stereocenters. The Morgan fingerprint density at radius 1 is 0.474 bits per heavy atom. The molecule has 1 aliphatic rings. The summed E-state index contributed by atoms with van der Waals surface area (Å²) in [6.45, 7) is 4.49. The molecule has 1 aromatic heterocycles. The number of rotatable bonds is 6. The highest BCUT2D eigenvalue weighted by molar-refractivity contribution is 6.19. The normalized spacial score (nSPS) is 15.1. The number of furan rings is 1. The van der Waals surface area contributed by atoms with Crippen molar-refractivity contribution in [3.63, 3.8) is 0 Å². The zero-order chi connectivity index (χ0) is 45.9. The van der Waals surface area contributed by atoms with Gasteiger partial charge in [-0.2, -0.15) is 0 Å². The average Bonchev–Trinajstić information content (AvgIpc) is 3.85. The van der Waals surface area contributed by atoms with Crippen molar-refractivity contribution in [1.29, 1.82) is 0 Å². The number of fused-ring (bicyclic) bond motifs is 8. The van der Waals surface area contributed by atoms with Gasteiger partial charge in [0.1, 0.15) is 11.2 Å². The average molecular weight is 739 g/mol. The second-order valence-electron chi connectivity index (χ2n) is 15.0. The summed E-state index contributed by atoms with van der Waals surface area (Å²) >= 11 is 0. The monoisotopic (exact) mass is 738 g/mol. The molecule has 10 aromatic rings. The summed E-state index contributed by atoms with van der Waals surface area (Å²) in [4.78, 5) is 1.73. The molecule has 9 aromatic carbocycles. The van der Waals surface area contributed by atoms with Gasteiger partial charge >= 0.3 is 0 Å². The predicted molar refractivity (Wildman–Crippen MR) is 240 cm³/mol. The van der Waals surface area contributed by atoms with Gasteiger partial charge < -0.3 is 9.32 Å². The molecule has 57 heavy (non-hydrogen) atoms. The van der Waals surface area contributed by atoms with Crippen LogP contribution in [0, 0.1) is 0 Å². The Morgan fingerprint density at radius 2 is 1.14 bits per heavy atom. The van der Waals surface area contributed by atoms with Gasteiger partial charge in [-0.25, -0.2) is 0 Å². The molecule has 1 heterocycles. The first-order valence-electron chi connectivity index (χ1n) is 23.5. The van der Waals surface area contributed by atoms with Crippen LogP contribution in [0.3, 0.4) is 0 Å². The third kappa shape index (κ3) is 5.25. The summed E-state index contributed by atoms with van der Waals surface area (Å²) in [5.74, 6) is 0. The van der Waals surface area contributed by atoms with Crippen molar-refractivity contribution in [2.24, 2.45) is 0 Å². The van der Waals surface area contributed by atoms with Crippen molar-refractivity contribution in [2.45, 2.75) is 19.3 Å². The summed E-state index contributed by atoms with van der Waals surface area (Å²) < 4.78 is 87.1. The molecule has 0 saturated carbocycles. The van der Waals surface area contributed by atoms with E-state index < -0.39 is 59.9 Å². The highest BCUT2D eigenvalue weighted by Gasteiger charge is 2.37. The molecular formula is C55H39NO. The third-order valence-corrected chi connectivity index (χ3v) is 11.4. The second-order valence-corrected chi connectivity index (χ2v) is 15.0. The van der Waals surface area contributed by atoms with Crippen molar-refractivity contribution in [3.8, 4) is 44.5 Å². The van der Waals surface area contributed by atoms with Crippen LogP contribution in [0.5, 0.6) is 0 Å². The van der Waals surface area contributed by atoms with E-state index in [0.717, 1.165) is 49.4 Å². The maximum Gasteiger partial charge on any atom is 0.143 e. The maximum atomic E-state index is 9.68. The highest BCUT2D eigenvalue weighted by atomic mass is 16.3. The summed E-state index contributed by atoms with van der Waals surface area (Å²) in [6, 6.07) is 43.4. The number of hydrogen-bond acceptors (Lipinski definition) is 2. The van der Waals surface area contributed by atoms with E-state index in [1.54, 1.807) is 4.90 Å². The Kier molecular flexibility index (Phi) is 5.71. The molecule has 0 spiro atoms. The summed E-state index contributed by atoms with van der Waals surface area (Å²) in [5.41, 5.74) is 9.89. The first-order chi connectivity index (χ1) is 31.8. The smallest absolute Gasteiger partial charge is 0.143 e. The summed E-state index contributed by atoms with van der Waals surface area (Å²) in [5, 5.41) is 3.81. The van der Waals surface area contributed by atoms with E-state index in [1.807, 2.05) is 91.0 Å². The first kappa shape index (κ1) is 25.1. The molecule has 2 nitrogen and oxygen atoms in total. The number of anilines is 3. The van der Waals surface area contributed by atoms with E-state index in [1.165, 1.54) is 22.3 Å². The Balaban J connectivity index is 1.15. The van der Waals surface area contributed by atoms with E-state index in [0.29, 0.717) is 17.0 Å². The zero-order valence-electron chi connectivity index (χ0n) is 40.2.